The van der Waals surface area contributed by atoms with E-state index in [2.05, 4.69) is 44.7 Å². The first-order valence-corrected chi connectivity index (χ1v) is 10.4. The molecule has 0 aromatic heterocycles. The molecule has 2 rings (SSSR count). The lowest BCUT2D eigenvalue weighted by atomic mass is 10.1. The Labute approximate surface area is 174 Å². The first-order chi connectivity index (χ1) is 14.1. The van der Waals surface area contributed by atoms with Crippen molar-refractivity contribution in [3.63, 3.8) is 0 Å². The van der Waals surface area contributed by atoms with Crippen molar-refractivity contribution in [2.75, 3.05) is 13.2 Å². The summed E-state index contributed by atoms with van der Waals surface area (Å²) in [4.78, 5) is 10.9. The molecule has 1 unspecified atom stereocenters. The van der Waals surface area contributed by atoms with E-state index in [1.165, 1.54) is 6.08 Å². The minimum absolute atomic E-state index is 0.229. The fraction of sp³-hybridized carbons (Fsp3) is 0.400. The minimum Gasteiger partial charge on any atom is -0.494 e. The van der Waals surface area contributed by atoms with Gasteiger partial charge in [0.1, 0.15) is 11.5 Å². The van der Waals surface area contributed by atoms with Crippen LogP contribution in [0.3, 0.4) is 0 Å². The number of carbonyl (C=O) groups excluding carboxylic acids is 1. The fourth-order valence-corrected chi connectivity index (χ4v) is 2.76. The molecular formula is C25H32O4. The predicted molar refractivity (Wildman–Crippen MR) is 117 cm³/mol. The van der Waals surface area contributed by atoms with Crippen molar-refractivity contribution < 1.29 is 19.0 Å². The van der Waals surface area contributed by atoms with Crippen LogP contribution in [0.1, 0.15) is 46.0 Å². The number of ether oxygens (including phenoxy) is 3. The van der Waals surface area contributed by atoms with Crippen LogP contribution < -0.4 is 9.47 Å². The Hall–Kier alpha value is -2.75. The maximum atomic E-state index is 10.9. The number of hydrogen-bond acceptors (Lipinski definition) is 4. The van der Waals surface area contributed by atoms with Gasteiger partial charge >= 0.3 is 5.97 Å². The highest BCUT2D eigenvalue weighted by molar-refractivity contribution is 5.81. The molecule has 0 amide bonds. The van der Waals surface area contributed by atoms with Gasteiger partial charge in [0.25, 0.3) is 0 Å². The fourth-order valence-electron chi connectivity index (χ4n) is 2.76. The second-order valence-electron chi connectivity index (χ2n) is 7.02. The Bertz CT molecular complexity index is 734. The molecule has 0 saturated heterocycles. The summed E-state index contributed by atoms with van der Waals surface area (Å²) in [6, 6.07) is 16.4. The van der Waals surface area contributed by atoms with E-state index in [4.69, 9.17) is 14.2 Å². The van der Waals surface area contributed by atoms with Gasteiger partial charge in [-0.2, -0.15) is 0 Å². The third kappa shape index (κ3) is 8.43. The second kappa shape index (κ2) is 12.7. The molecular weight excluding hydrogens is 364 g/mol. The smallest absolute Gasteiger partial charge is 0.330 e. The molecule has 0 bridgehead atoms. The summed E-state index contributed by atoms with van der Waals surface area (Å²) in [6.07, 6.45) is 6.33. The van der Waals surface area contributed by atoms with Crippen LogP contribution in [0, 0.1) is 0 Å². The van der Waals surface area contributed by atoms with Gasteiger partial charge in [0, 0.05) is 6.08 Å². The highest BCUT2D eigenvalue weighted by Gasteiger charge is 2.03. The average molecular weight is 397 g/mol. The zero-order valence-electron chi connectivity index (χ0n) is 17.6. The van der Waals surface area contributed by atoms with E-state index in [0.717, 1.165) is 54.7 Å². The molecule has 0 heterocycles. The van der Waals surface area contributed by atoms with Crippen LogP contribution in [0.2, 0.25) is 0 Å². The van der Waals surface area contributed by atoms with Gasteiger partial charge in [0.05, 0.1) is 19.3 Å². The van der Waals surface area contributed by atoms with Crippen LogP contribution >= 0.6 is 0 Å². The molecule has 0 fully saturated rings. The highest BCUT2D eigenvalue weighted by Crippen LogP contribution is 2.25. The van der Waals surface area contributed by atoms with Gasteiger partial charge in [-0.3, -0.25) is 0 Å². The van der Waals surface area contributed by atoms with Crippen molar-refractivity contribution in [3.05, 3.63) is 61.2 Å². The Morgan fingerprint density at radius 2 is 1.45 bits per heavy atom. The molecule has 0 N–H and O–H groups in total. The highest BCUT2D eigenvalue weighted by atomic mass is 16.5. The summed E-state index contributed by atoms with van der Waals surface area (Å²) in [5.74, 6) is 1.43. The minimum atomic E-state index is -0.354. The number of esters is 1. The SMILES string of the molecule is C=CC(=O)OCCCCCCOc1ccc(-c2ccc(OC(C)CC)cc2)cc1. The first-order valence-electron chi connectivity index (χ1n) is 10.4. The van der Waals surface area contributed by atoms with Crippen molar-refractivity contribution in [1.82, 2.24) is 0 Å². The number of carbonyl (C=O) groups is 1. The molecule has 0 aliphatic carbocycles. The van der Waals surface area contributed by atoms with Crippen molar-refractivity contribution in [3.8, 4) is 22.6 Å². The van der Waals surface area contributed by atoms with Gasteiger partial charge < -0.3 is 14.2 Å². The van der Waals surface area contributed by atoms with Gasteiger partial charge in [-0.1, -0.05) is 37.8 Å². The lowest BCUT2D eigenvalue weighted by Crippen LogP contribution is -2.09. The lowest BCUT2D eigenvalue weighted by Gasteiger charge is -2.13. The van der Waals surface area contributed by atoms with Crippen LogP contribution in [-0.4, -0.2) is 25.3 Å². The Morgan fingerprint density at radius 1 is 0.897 bits per heavy atom. The summed E-state index contributed by atoms with van der Waals surface area (Å²) < 4.78 is 16.6. The zero-order chi connectivity index (χ0) is 20.9. The zero-order valence-corrected chi connectivity index (χ0v) is 17.6. The summed E-state index contributed by atoms with van der Waals surface area (Å²) in [7, 11) is 0. The van der Waals surface area contributed by atoms with E-state index in [9.17, 15) is 4.79 Å². The second-order valence-corrected chi connectivity index (χ2v) is 7.02. The topological polar surface area (TPSA) is 44.8 Å². The van der Waals surface area contributed by atoms with Crippen molar-refractivity contribution >= 4 is 5.97 Å². The number of rotatable bonds is 13. The Morgan fingerprint density at radius 3 is 2.00 bits per heavy atom. The lowest BCUT2D eigenvalue weighted by molar-refractivity contribution is -0.137. The predicted octanol–water partition coefficient (Wildman–Crippen LogP) is 6.20. The molecule has 2 aromatic carbocycles. The van der Waals surface area contributed by atoms with Gasteiger partial charge in [-0.15, -0.1) is 0 Å². The van der Waals surface area contributed by atoms with E-state index >= 15 is 0 Å². The van der Waals surface area contributed by atoms with Crippen molar-refractivity contribution in [1.29, 1.82) is 0 Å². The third-order valence-corrected chi connectivity index (χ3v) is 4.67. The van der Waals surface area contributed by atoms with Crippen LogP contribution in [0.15, 0.2) is 61.2 Å². The molecule has 0 radical (unpaired) electrons. The third-order valence-electron chi connectivity index (χ3n) is 4.67. The van der Waals surface area contributed by atoms with Crippen molar-refractivity contribution in [2.45, 2.75) is 52.1 Å². The monoisotopic (exact) mass is 396 g/mol. The van der Waals surface area contributed by atoms with Crippen LogP contribution in [0.5, 0.6) is 11.5 Å². The molecule has 0 spiro atoms. The largest absolute Gasteiger partial charge is 0.494 e. The number of unbranched alkanes of at least 4 members (excludes halogenated alkanes) is 3. The molecule has 29 heavy (non-hydrogen) atoms. The molecule has 1 atom stereocenters. The molecule has 0 aliphatic heterocycles. The molecule has 0 saturated carbocycles. The summed E-state index contributed by atoms with van der Waals surface area (Å²) in [6.45, 7) is 8.71. The van der Waals surface area contributed by atoms with E-state index in [-0.39, 0.29) is 12.1 Å². The van der Waals surface area contributed by atoms with Crippen LogP contribution in [0.4, 0.5) is 0 Å². The maximum absolute atomic E-state index is 10.9. The van der Waals surface area contributed by atoms with Crippen LogP contribution in [0.25, 0.3) is 11.1 Å². The summed E-state index contributed by atoms with van der Waals surface area (Å²) in [5, 5.41) is 0. The van der Waals surface area contributed by atoms with E-state index in [1.54, 1.807) is 0 Å². The Kier molecular flexibility index (Phi) is 9.84. The van der Waals surface area contributed by atoms with Gasteiger partial charge in [-0.05, 0) is 74.4 Å². The molecule has 4 heteroatoms. The van der Waals surface area contributed by atoms with E-state index in [0.29, 0.717) is 13.2 Å². The Balaban J connectivity index is 1.68. The average Bonchev–Trinajstić information content (AvgIpc) is 2.76. The quantitative estimate of drug-likeness (QED) is 0.230. The molecule has 2 aromatic rings. The van der Waals surface area contributed by atoms with Gasteiger partial charge in [-0.25, -0.2) is 4.79 Å². The van der Waals surface area contributed by atoms with Gasteiger partial charge in [0.15, 0.2) is 0 Å². The molecule has 0 aliphatic rings. The first kappa shape index (κ1) is 22.5. The van der Waals surface area contributed by atoms with Crippen LogP contribution in [-0.2, 0) is 9.53 Å². The van der Waals surface area contributed by atoms with Crippen molar-refractivity contribution in [2.24, 2.45) is 0 Å². The van der Waals surface area contributed by atoms with Gasteiger partial charge in [0.2, 0.25) is 0 Å². The standard InChI is InChI=1S/C25H32O4/c1-4-20(3)29-24-16-12-22(13-17-24)21-10-14-23(15-11-21)27-18-8-6-7-9-19-28-25(26)5-2/h5,10-17,20H,2,4,6-9,18-19H2,1,3H3. The summed E-state index contributed by atoms with van der Waals surface area (Å²) in [5.41, 5.74) is 2.31. The maximum Gasteiger partial charge on any atom is 0.330 e. The number of hydrogen-bond donors (Lipinski definition) is 0. The normalized spacial score (nSPS) is 11.5. The van der Waals surface area contributed by atoms with E-state index in [1.807, 2.05) is 24.3 Å². The number of benzene rings is 2. The molecule has 156 valence electrons. The molecule has 4 nitrogen and oxygen atoms in total. The van der Waals surface area contributed by atoms with E-state index < -0.39 is 0 Å². The summed E-state index contributed by atoms with van der Waals surface area (Å²) >= 11 is 0.